The van der Waals surface area contributed by atoms with Crippen molar-refractivity contribution in [2.75, 3.05) is 13.7 Å². The van der Waals surface area contributed by atoms with Gasteiger partial charge in [-0.25, -0.2) is 0 Å². The van der Waals surface area contributed by atoms with Gasteiger partial charge in [0, 0.05) is 30.7 Å². The van der Waals surface area contributed by atoms with Crippen molar-refractivity contribution < 1.29 is 4.74 Å². The van der Waals surface area contributed by atoms with E-state index in [0.29, 0.717) is 6.04 Å². The first-order valence-electron chi connectivity index (χ1n) is 7.78. The Bertz CT molecular complexity index is 569. The molecule has 0 aromatic heterocycles. The Morgan fingerprint density at radius 2 is 1.64 bits per heavy atom. The molecule has 0 radical (unpaired) electrons. The molecule has 0 spiro atoms. The van der Waals surface area contributed by atoms with Crippen LogP contribution < -0.4 is 10.5 Å². The first-order valence-corrected chi connectivity index (χ1v) is 7.78. The van der Waals surface area contributed by atoms with Gasteiger partial charge in [0.2, 0.25) is 0 Å². The summed E-state index contributed by atoms with van der Waals surface area (Å²) >= 11 is 0. The predicted octanol–water partition coefficient (Wildman–Crippen LogP) is 3.61. The highest BCUT2D eigenvalue weighted by Crippen LogP contribution is 2.24. The van der Waals surface area contributed by atoms with Crippen LogP contribution in [-0.2, 0) is 6.54 Å². The van der Waals surface area contributed by atoms with Crippen molar-refractivity contribution in [3.05, 3.63) is 65.7 Å². The highest BCUT2D eigenvalue weighted by Gasteiger charge is 2.18. The van der Waals surface area contributed by atoms with E-state index in [9.17, 15) is 0 Å². The van der Waals surface area contributed by atoms with Crippen LogP contribution in [0.1, 0.15) is 31.0 Å². The summed E-state index contributed by atoms with van der Waals surface area (Å²) in [6.07, 6.45) is 0. The Hall–Kier alpha value is -1.84. The molecule has 22 heavy (non-hydrogen) atoms. The molecule has 1 atom stereocenters. The van der Waals surface area contributed by atoms with Crippen LogP contribution in [0.15, 0.2) is 54.6 Å². The van der Waals surface area contributed by atoms with Crippen LogP contribution in [0.2, 0.25) is 0 Å². The minimum atomic E-state index is -0.0673. The quantitative estimate of drug-likeness (QED) is 0.848. The van der Waals surface area contributed by atoms with Crippen LogP contribution in [0.3, 0.4) is 0 Å². The Morgan fingerprint density at radius 1 is 1.00 bits per heavy atom. The van der Waals surface area contributed by atoms with Gasteiger partial charge in [-0.1, -0.05) is 48.5 Å². The van der Waals surface area contributed by atoms with Gasteiger partial charge in [0.15, 0.2) is 0 Å². The van der Waals surface area contributed by atoms with Gasteiger partial charge in [-0.15, -0.1) is 0 Å². The number of benzene rings is 2. The fourth-order valence-corrected chi connectivity index (χ4v) is 2.60. The van der Waals surface area contributed by atoms with Crippen molar-refractivity contribution in [3.8, 4) is 5.75 Å². The first kappa shape index (κ1) is 16.5. The van der Waals surface area contributed by atoms with Crippen molar-refractivity contribution in [3.63, 3.8) is 0 Å². The van der Waals surface area contributed by atoms with Gasteiger partial charge < -0.3 is 10.5 Å². The average Bonchev–Trinajstić information content (AvgIpc) is 2.55. The minimum Gasteiger partial charge on any atom is -0.496 e. The SMILES string of the molecule is COc1ccccc1C(N)CN(Cc1ccccc1)C(C)C. The third kappa shape index (κ3) is 4.33. The van der Waals surface area contributed by atoms with E-state index in [2.05, 4.69) is 43.0 Å². The summed E-state index contributed by atoms with van der Waals surface area (Å²) < 4.78 is 5.43. The van der Waals surface area contributed by atoms with Crippen LogP contribution in [0.25, 0.3) is 0 Å². The van der Waals surface area contributed by atoms with Crippen LogP contribution >= 0.6 is 0 Å². The number of rotatable bonds is 7. The molecule has 0 saturated heterocycles. The fraction of sp³-hybridized carbons (Fsp3) is 0.368. The molecule has 0 aliphatic carbocycles. The summed E-state index contributed by atoms with van der Waals surface area (Å²) in [4.78, 5) is 2.40. The molecule has 3 heteroatoms. The Morgan fingerprint density at radius 3 is 2.27 bits per heavy atom. The van der Waals surface area contributed by atoms with E-state index in [1.54, 1.807) is 7.11 Å². The van der Waals surface area contributed by atoms with Crippen molar-refractivity contribution in [1.82, 2.24) is 4.90 Å². The first-order chi connectivity index (χ1) is 10.6. The monoisotopic (exact) mass is 298 g/mol. The van der Waals surface area contributed by atoms with Crippen LogP contribution in [0, 0.1) is 0 Å². The summed E-state index contributed by atoms with van der Waals surface area (Å²) in [5.41, 5.74) is 8.81. The number of ether oxygens (including phenoxy) is 1. The molecule has 0 aliphatic rings. The van der Waals surface area contributed by atoms with Gasteiger partial charge in [0.05, 0.1) is 7.11 Å². The lowest BCUT2D eigenvalue weighted by Gasteiger charge is -2.30. The molecule has 0 aliphatic heterocycles. The van der Waals surface area contributed by atoms with E-state index in [0.717, 1.165) is 24.4 Å². The summed E-state index contributed by atoms with van der Waals surface area (Å²) in [6, 6.07) is 18.9. The second kappa shape index (κ2) is 7.97. The number of methoxy groups -OCH3 is 1. The van der Waals surface area contributed by atoms with Crippen LogP contribution in [-0.4, -0.2) is 24.6 Å². The van der Waals surface area contributed by atoms with Crippen LogP contribution in [0.5, 0.6) is 5.75 Å². The molecule has 2 rings (SSSR count). The highest BCUT2D eigenvalue weighted by atomic mass is 16.5. The molecule has 0 bridgehead atoms. The average molecular weight is 298 g/mol. The molecule has 0 heterocycles. The van der Waals surface area contributed by atoms with Gasteiger partial charge in [-0.05, 0) is 25.5 Å². The van der Waals surface area contributed by atoms with Crippen molar-refractivity contribution >= 4 is 0 Å². The van der Waals surface area contributed by atoms with E-state index < -0.39 is 0 Å². The number of para-hydroxylation sites is 1. The van der Waals surface area contributed by atoms with Gasteiger partial charge in [-0.2, -0.15) is 0 Å². The lowest BCUT2D eigenvalue weighted by Crippen LogP contribution is -2.36. The predicted molar refractivity (Wildman–Crippen MR) is 91.9 cm³/mol. The van der Waals surface area contributed by atoms with Gasteiger partial charge >= 0.3 is 0 Å². The van der Waals surface area contributed by atoms with Gasteiger partial charge in [-0.3, -0.25) is 4.90 Å². The Kier molecular flexibility index (Phi) is 5.99. The lowest BCUT2D eigenvalue weighted by atomic mass is 10.0. The van der Waals surface area contributed by atoms with E-state index in [1.165, 1.54) is 5.56 Å². The third-order valence-electron chi connectivity index (χ3n) is 3.93. The van der Waals surface area contributed by atoms with Crippen LogP contribution in [0.4, 0.5) is 0 Å². The van der Waals surface area contributed by atoms with E-state index >= 15 is 0 Å². The molecule has 3 nitrogen and oxygen atoms in total. The fourth-order valence-electron chi connectivity index (χ4n) is 2.60. The molecule has 0 saturated carbocycles. The normalized spacial score (nSPS) is 12.6. The molecule has 1 unspecified atom stereocenters. The Labute approximate surface area is 133 Å². The number of hydrogen-bond donors (Lipinski definition) is 1. The molecule has 0 fully saturated rings. The van der Waals surface area contributed by atoms with Crippen molar-refractivity contribution in [2.24, 2.45) is 5.73 Å². The largest absolute Gasteiger partial charge is 0.496 e. The van der Waals surface area contributed by atoms with Gasteiger partial charge in [0.25, 0.3) is 0 Å². The molecule has 2 aromatic carbocycles. The summed E-state index contributed by atoms with van der Waals surface area (Å²) in [5.74, 6) is 0.860. The third-order valence-corrected chi connectivity index (χ3v) is 3.93. The van der Waals surface area contributed by atoms with E-state index in [1.807, 2.05) is 30.3 Å². The maximum absolute atomic E-state index is 6.44. The van der Waals surface area contributed by atoms with E-state index in [-0.39, 0.29) is 6.04 Å². The molecule has 2 aromatic rings. The number of nitrogens with two attached hydrogens (primary N) is 1. The zero-order chi connectivity index (χ0) is 15.9. The summed E-state index contributed by atoms with van der Waals surface area (Å²) in [6.45, 7) is 6.12. The highest BCUT2D eigenvalue weighted by molar-refractivity contribution is 5.35. The number of nitrogens with zero attached hydrogens (tertiary/aromatic N) is 1. The van der Waals surface area contributed by atoms with Crippen molar-refractivity contribution in [2.45, 2.75) is 32.5 Å². The number of hydrogen-bond acceptors (Lipinski definition) is 3. The Balaban J connectivity index is 2.10. The maximum Gasteiger partial charge on any atom is 0.123 e. The molecular weight excluding hydrogens is 272 g/mol. The molecular formula is C19H26N2O. The lowest BCUT2D eigenvalue weighted by molar-refractivity contribution is 0.199. The standard InChI is InChI=1S/C19H26N2O/c1-15(2)21(13-16-9-5-4-6-10-16)14-18(20)17-11-7-8-12-19(17)22-3/h4-12,15,18H,13-14,20H2,1-3H3. The molecule has 2 N–H and O–H groups in total. The topological polar surface area (TPSA) is 38.5 Å². The summed E-state index contributed by atoms with van der Waals surface area (Å²) in [5, 5.41) is 0. The molecule has 118 valence electrons. The molecule has 0 amide bonds. The smallest absolute Gasteiger partial charge is 0.123 e. The van der Waals surface area contributed by atoms with Gasteiger partial charge in [0.1, 0.15) is 5.75 Å². The maximum atomic E-state index is 6.44. The zero-order valence-electron chi connectivity index (χ0n) is 13.7. The zero-order valence-corrected chi connectivity index (χ0v) is 13.7. The van der Waals surface area contributed by atoms with Crippen molar-refractivity contribution in [1.29, 1.82) is 0 Å². The minimum absolute atomic E-state index is 0.0673. The summed E-state index contributed by atoms with van der Waals surface area (Å²) in [7, 11) is 1.69. The van der Waals surface area contributed by atoms with E-state index in [4.69, 9.17) is 10.5 Å². The second-order valence-electron chi connectivity index (χ2n) is 5.86. The second-order valence-corrected chi connectivity index (χ2v) is 5.86.